The zero-order chi connectivity index (χ0) is 44.3. The van der Waals surface area contributed by atoms with Gasteiger partial charge in [-0.3, -0.25) is 0 Å². The molecule has 14 heteroatoms. The molecule has 3 atom stereocenters. The number of hydrogen-bond acceptors (Lipinski definition) is 10. The van der Waals surface area contributed by atoms with Crippen LogP contribution >= 0.6 is 0 Å². The minimum atomic E-state index is -4.58. The lowest BCUT2D eigenvalue weighted by molar-refractivity contribution is -0.139. The van der Waals surface area contributed by atoms with E-state index >= 15 is 13.2 Å². The van der Waals surface area contributed by atoms with Crippen LogP contribution in [0.2, 0.25) is 0 Å². The summed E-state index contributed by atoms with van der Waals surface area (Å²) in [7, 11) is 5.32. The number of amides is 1. The van der Waals surface area contributed by atoms with Crippen LogP contribution in [0, 0.1) is 12.8 Å². The zero-order valence-electron chi connectivity index (χ0n) is 37.3. The quantitative estimate of drug-likeness (QED) is 0.138. The molecule has 2 fully saturated rings. The van der Waals surface area contributed by atoms with Crippen molar-refractivity contribution >= 4 is 17.6 Å². The van der Waals surface area contributed by atoms with E-state index in [1.807, 2.05) is 76.2 Å². The summed E-state index contributed by atoms with van der Waals surface area (Å²) in [4.78, 5) is 31.2. The second kappa shape index (κ2) is 18.6. The highest BCUT2D eigenvalue weighted by atomic mass is 19.4. The van der Waals surface area contributed by atoms with Crippen molar-refractivity contribution in [1.82, 2.24) is 19.8 Å². The van der Waals surface area contributed by atoms with E-state index < -0.39 is 23.3 Å². The van der Waals surface area contributed by atoms with Crippen molar-refractivity contribution in [1.29, 1.82) is 0 Å². The number of carbonyl (C=O) groups is 1. The maximum atomic E-state index is 15.4. The lowest BCUT2D eigenvalue weighted by Crippen LogP contribution is -2.50. The molecule has 0 bridgehead atoms. The minimum absolute atomic E-state index is 0.174. The number of benzene rings is 3. The van der Waals surface area contributed by atoms with Crippen LogP contribution in [0.25, 0.3) is 0 Å². The summed E-state index contributed by atoms with van der Waals surface area (Å²) in [6, 6.07) is 19.4. The van der Waals surface area contributed by atoms with Gasteiger partial charge < -0.3 is 38.5 Å². The number of nitrogens with zero attached hydrogens (tertiary/aromatic N) is 6. The van der Waals surface area contributed by atoms with E-state index in [1.165, 1.54) is 0 Å². The van der Waals surface area contributed by atoms with Crippen molar-refractivity contribution in [3.63, 3.8) is 0 Å². The summed E-state index contributed by atoms with van der Waals surface area (Å²) < 4.78 is 68.9. The number of likely N-dealkylation sites (tertiary alicyclic amines) is 1. The van der Waals surface area contributed by atoms with Gasteiger partial charge in [-0.2, -0.15) is 23.1 Å². The highest BCUT2D eigenvalue weighted by Crippen LogP contribution is 2.47. The summed E-state index contributed by atoms with van der Waals surface area (Å²) in [5, 5.41) is 0. The fourth-order valence-electron chi connectivity index (χ4n) is 9.08. The number of ether oxygens (including phenoxy) is 4. The Kier molecular flexibility index (Phi) is 13.5. The first-order valence-corrected chi connectivity index (χ1v) is 21.7. The largest absolute Gasteiger partial charge is 0.497 e. The molecule has 2 saturated heterocycles. The molecule has 3 heterocycles. The molecular formula is C48H61F3N6O5. The SMILES string of the molecule is COc1ccc(CN(Cc2ccc(OC)cc2)c2cc(C)c(C(F)(F)F)c(C3Cc4nc(OC[C@@H]5CCCN5C)nc(N5CCN(C(=O)OC(C)(C)C)CC5)c4CC3C)c2)cc1. The van der Waals surface area contributed by atoms with E-state index in [2.05, 4.69) is 21.7 Å². The smallest absolute Gasteiger partial charge is 0.416 e. The average molecular weight is 859 g/mol. The van der Waals surface area contributed by atoms with E-state index in [4.69, 9.17) is 28.9 Å². The van der Waals surface area contributed by atoms with E-state index in [0.29, 0.717) is 63.7 Å². The fourth-order valence-corrected chi connectivity index (χ4v) is 9.08. The number of halogens is 3. The lowest BCUT2D eigenvalue weighted by atomic mass is 9.73. The molecule has 62 heavy (non-hydrogen) atoms. The molecule has 1 amide bonds. The summed E-state index contributed by atoms with van der Waals surface area (Å²) in [5.74, 6) is 1.50. The van der Waals surface area contributed by atoms with Crippen molar-refractivity contribution in [2.45, 2.75) is 97.1 Å². The molecule has 3 aromatic carbocycles. The molecule has 334 valence electrons. The van der Waals surface area contributed by atoms with Crippen LogP contribution in [0.15, 0.2) is 60.7 Å². The van der Waals surface area contributed by atoms with Crippen LogP contribution in [0.1, 0.15) is 85.5 Å². The predicted molar refractivity (Wildman–Crippen MR) is 235 cm³/mol. The van der Waals surface area contributed by atoms with Gasteiger partial charge in [0, 0.05) is 56.6 Å². The molecular weight excluding hydrogens is 798 g/mol. The Morgan fingerprint density at radius 2 is 1.47 bits per heavy atom. The Balaban J connectivity index is 1.25. The highest BCUT2D eigenvalue weighted by molar-refractivity contribution is 5.69. The van der Waals surface area contributed by atoms with Crippen molar-refractivity contribution in [2.24, 2.45) is 5.92 Å². The van der Waals surface area contributed by atoms with Crippen LogP contribution < -0.4 is 24.0 Å². The molecule has 7 rings (SSSR count). The zero-order valence-corrected chi connectivity index (χ0v) is 37.3. The molecule has 0 radical (unpaired) electrons. The van der Waals surface area contributed by atoms with E-state index in [0.717, 1.165) is 53.4 Å². The van der Waals surface area contributed by atoms with Gasteiger partial charge in [0.2, 0.25) is 0 Å². The number of anilines is 2. The lowest BCUT2D eigenvalue weighted by Gasteiger charge is -2.39. The average Bonchev–Trinajstić information content (AvgIpc) is 3.65. The van der Waals surface area contributed by atoms with Gasteiger partial charge in [0.05, 0.1) is 25.5 Å². The molecule has 11 nitrogen and oxygen atoms in total. The Hall–Kier alpha value is -5.24. The third-order valence-electron chi connectivity index (χ3n) is 12.4. The fraction of sp³-hybridized carbons (Fsp3) is 0.521. The summed E-state index contributed by atoms with van der Waals surface area (Å²) in [5.41, 5.74) is 3.54. The molecule has 0 spiro atoms. The summed E-state index contributed by atoms with van der Waals surface area (Å²) >= 11 is 0. The number of aryl methyl sites for hydroxylation is 1. The van der Waals surface area contributed by atoms with Crippen molar-refractivity contribution in [2.75, 3.05) is 70.4 Å². The number of rotatable bonds is 12. The number of methoxy groups -OCH3 is 2. The van der Waals surface area contributed by atoms with Gasteiger partial charge in [-0.25, -0.2) is 4.79 Å². The molecule has 0 saturated carbocycles. The van der Waals surface area contributed by atoms with Crippen LogP contribution in [-0.4, -0.2) is 98.1 Å². The Bertz CT molecular complexity index is 2120. The van der Waals surface area contributed by atoms with E-state index in [1.54, 1.807) is 38.2 Å². The standard InChI is InChI=1S/C48H61F3N6O5/c1-31-25-41-42(52-45(61-30-35-10-9-19-54(35)6)53-44(41)55-20-22-56(23-21-55)46(58)62-47(3,4)5)27-39(31)40-26-36(24-32(2)43(40)48(49,50)51)57(28-33-11-15-37(59-7)16-12-33)29-34-13-17-38(60-8)18-14-34/h11-18,24,26,31,35,39H,9-10,19-23,25,27-30H2,1-8H3/t31?,35-,39?/m0/s1. The summed E-state index contributed by atoms with van der Waals surface area (Å²) in [6.07, 6.45) is -2.08. The number of piperazine rings is 1. The molecule has 0 N–H and O–H groups in total. The first kappa shape index (κ1) is 44.8. The van der Waals surface area contributed by atoms with Crippen LogP contribution in [0.4, 0.5) is 29.5 Å². The van der Waals surface area contributed by atoms with Gasteiger partial charge in [-0.05, 0) is 137 Å². The summed E-state index contributed by atoms with van der Waals surface area (Å²) in [6.45, 7) is 13.4. The third-order valence-corrected chi connectivity index (χ3v) is 12.4. The third kappa shape index (κ3) is 10.5. The van der Waals surface area contributed by atoms with Gasteiger partial charge in [0.15, 0.2) is 0 Å². The van der Waals surface area contributed by atoms with Gasteiger partial charge in [-0.1, -0.05) is 31.2 Å². The number of likely N-dealkylation sites (N-methyl/N-ethyl adjacent to an activating group) is 1. The van der Waals surface area contributed by atoms with Gasteiger partial charge in [0.1, 0.15) is 29.5 Å². The highest BCUT2D eigenvalue weighted by Gasteiger charge is 2.41. The van der Waals surface area contributed by atoms with Crippen LogP contribution in [0.3, 0.4) is 0 Å². The van der Waals surface area contributed by atoms with E-state index in [9.17, 15) is 4.79 Å². The van der Waals surface area contributed by atoms with Crippen molar-refractivity contribution in [3.8, 4) is 17.5 Å². The first-order valence-electron chi connectivity index (χ1n) is 21.7. The Labute approximate surface area is 364 Å². The van der Waals surface area contributed by atoms with Gasteiger partial charge >= 0.3 is 18.3 Å². The Morgan fingerprint density at radius 1 is 0.855 bits per heavy atom. The molecule has 1 aromatic heterocycles. The molecule has 4 aromatic rings. The molecule has 1 aliphatic carbocycles. The topological polar surface area (TPSA) is 92.7 Å². The maximum absolute atomic E-state index is 15.4. The van der Waals surface area contributed by atoms with Crippen molar-refractivity contribution in [3.05, 3.63) is 99.7 Å². The minimum Gasteiger partial charge on any atom is -0.497 e. The number of hydrogen-bond donors (Lipinski definition) is 0. The molecule has 2 unspecified atom stereocenters. The second-order valence-corrected chi connectivity index (χ2v) is 18.1. The van der Waals surface area contributed by atoms with Crippen LogP contribution in [-0.2, 0) is 36.8 Å². The van der Waals surface area contributed by atoms with Crippen molar-refractivity contribution < 1.29 is 36.9 Å². The second-order valence-electron chi connectivity index (χ2n) is 18.1. The van der Waals surface area contributed by atoms with Gasteiger partial charge in [-0.15, -0.1) is 0 Å². The molecule has 3 aliphatic rings. The normalized spacial score (nSPS) is 19.6. The first-order chi connectivity index (χ1) is 29.5. The molecule has 2 aliphatic heterocycles. The van der Waals surface area contributed by atoms with Gasteiger partial charge in [0.25, 0.3) is 0 Å². The van der Waals surface area contributed by atoms with E-state index in [-0.39, 0.29) is 41.6 Å². The number of alkyl halides is 3. The maximum Gasteiger partial charge on any atom is 0.416 e. The monoisotopic (exact) mass is 858 g/mol. The predicted octanol–water partition coefficient (Wildman–Crippen LogP) is 9.08. The number of carbonyl (C=O) groups excluding carboxylic acids is 1. The Morgan fingerprint density at radius 3 is 2.00 bits per heavy atom. The number of aromatic nitrogens is 2. The number of fused-ring (bicyclic) bond motifs is 1. The van der Waals surface area contributed by atoms with Crippen LogP contribution in [0.5, 0.6) is 17.5 Å².